The van der Waals surface area contributed by atoms with E-state index in [1.807, 2.05) is 91.8 Å². The van der Waals surface area contributed by atoms with Gasteiger partial charge in [0.2, 0.25) is 23.6 Å². The zero-order valence-corrected chi connectivity index (χ0v) is 26.0. The third-order valence-corrected chi connectivity index (χ3v) is 10.6. The van der Waals surface area contributed by atoms with Crippen LogP contribution in [0.4, 0.5) is 0 Å². The van der Waals surface area contributed by atoms with Crippen molar-refractivity contribution in [1.29, 1.82) is 0 Å². The van der Waals surface area contributed by atoms with Crippen LogP contribution in [-0.4, -0.2) is 44.5 Å². The number of imide groups is 2. The molecule has 2 aromatic carbocycles. The van der Waals surface area contributed by atoms with Crippen molar-refractivity contribution in [2.45, 2.75) is 79.3 Å². The van der Waals surface area contributed by atoms with Gasteiger partial charge in [-0.25, -0.2) is 0 Å². The van der Waals surface area contributed by atoms with E-state index in [1.54, 1.807) is 0 Å². The average molecular weight is 567 g/mol. The molecular formula is C36H42N2O4. The first-order valence-corrected chi connectivity index (χ1v) is 15.3. The lowest BCUT2D eigenvalue weighted by molar-refractivity contribution is -0.156. The van der Waals surface area contributed by atoms with Crippen molar-refractivity contribution >= 4 is 34.8 Å². The maximum Gasteiger partial charge on any atom is 0.234 e. The van der Waals surface area contributed by atoms with E-state index in [2.05, 4.69) is 24.3 Å². The number of nitrogens with zero attached hydrogens (tertiary/aromatic N) is 2. The Labute approximate surface area is 249 Å². The second-order valence-electron chi connectivity index (χ2n) is 14.5. The van der Waals surface area contributed by atoms with Crippen LogP contribution in [0.1, 0.15) is 79.4 Å². The van der Waals surface area contributed by atoms with Crippen molar-refractivity contribution in [3.63, 3.8) is 0 Å². The summed E-state index contributed by atoms with van der Waals surface area (Å²) in [5, 5.41) is 0. The molecule has 1 saturated carbocycles. The minimum absolute atomic E-state index is 0.217. The fourth-order valence-electron chi connectivity index (χ4n) is 9.48. The van der Waals surface area contributed by atoms with E-state index in [0.717, 1.165) is 22.3 Å². The van der Waals surface area contributed by atoms with Gasteiger partial charge in [0.25, 0.3) is 0 Å². The Morgan fingerprint density at radius 3 is 1.00 bits per heavy atom. The van der Waals surface area contributed by atoms with Crippen molar-refractivity contribution in [2.75, 3.05) is 0 Å². The Bertz CT molecular complexity index is 1370. The minimum atomic E-state index is -1.04. The zero-order valence-electron chi connectivity index (χ0n) is 26.0. The Morgan fingerprint density at radius 1 is 0.524 bits per heavy atom. The number of rotatable bonds is 4. The van der Waals surface area contributed by atoms with Gasteiger partial charge in [-0.05, 0) is 76.7 Å². The Morgan fingerprint density at radius 2 is 0.786 bits per heavy atom. The van der Waals surface area contributed by atoms with E-state index in [1.165, 1.54) is 9.80 Å². The lowest BCUT2D eigenvalue weighted by atomic mass is 9.34. The molecule has 6 heteroatoms. The molecule has 220 valence electrons. The van der Waals surface area contributed by atoms with Gasteiger partial charge in [-0.15, -0.1) is 0 Å². The first-order chi connectivity index (χ1) is 19.7. The summed E-state index contributed by atoms with van der Waals surface area (Å²) in [6, 6.07) is 20.1. The van der Waals surface area contributed by atoms with Gasteiger partial charge < -0.3 is 0 Å². The summed E-state index contributed by atoms with van der Waals surface area (Å²) in [5.74, 6) is -3.83. The SMILES string of the molecule is CCC12C(c3ccccc3)=C(c3ccccc3)C(CC)([C@@H]3C(=O)N(C(C)(C)C)C(=O)[C@@H]31)[C@H]1C(=O)N(C(C)(C)C)C(=O)[C@H]12. The quantitative estimate of drug-likeness (QED) is 0.412. The molecule has 2 saturated heterocycles. The van der Waals surface area contributed by atoms with Crippen LogP contribution in [0, 0.1) is 34.5 Å². The number of hydrogen-bond donors (Lipinski definition) is 0. The molecule has 2 unspecified atom stereocenters. The molecule has 0 spiro atoms. The van der Waals surface area contributed by atoms with Crippen LogP contribution >= 0.6 is 0 Å². The molecular weight excluding hydrogens is 524 g/mol. The standard InChI is InChI=1S/C36H42N2O4/c1-9-35-23(21-17-13-11-14-18-21)24(22-19-15-12-16-20-22)36(10-2,27-25(35)29(39)37(31(27)41)33(3,4)5)28-26(35)30(40)38(32(28)42)34(6,7)8/h11-20,25-28H,9-10H2,1-8H3/t25-,26+,27+,28-,35?,36?. The molecule has 42 heavy (non-hydrogen) atoms. The van der Waals surface area contributed by atoms with Gasteiger partial charge in [-0.2, -0.15) is 0 Å². The van der Waals surface area contributed by atoms with Crippen LogP contribution in [0.3, 0.4) is 0 Å². The Balaban J connectivity index is 1.83. The van der Waals surface area contributed by atoms with Crippen LogP contribution in [0.15, 0.2) is 60.7 Å². The number of amides is 4. The lowest BCUT2D eigenvalue weighted by Gasteiger charge is -2.64. The molecule has 5 aliphatic rings. The fourth-order valence-corrected chi connectivity index (χ4v) is 9.48. The van der Waals surface area contributed by atoms with Crippen molar-refractivity contribution in [3.8, 4) is 0 Å². The number of hydrogen-bond acceptors (Lipinski definition) is 4. The van der Waals surface area contributed by atoms with Gasteiger partial charge in [0.05, 0.1) is 23.7 Å². The number of likely N-dealkylation sites (tertiary alicyclic amines) is 2. The van der Waals surface area contributed by atoms with Gasteiger partial charge in [0.1, 0.15) is 0 Å². The van der Waals surface area contributed by atoms with E-state index in [0.29, 0.717) is 12.8 Å². The highest BCUT2D eigenvalue weighted by Gasteiger charge is 2.82. The molecule has 6 atom stereocenters. The average Bonchev–Trinajstić information content (AvgIpc) is 3.40. The van der Waals surface area contributed by atoms with E-state index in [9.17, 15) is 19.2 Å². The monoisotopic (exact) mass is 566 g/mol. The zero-order chi connectivity index (χ0) is 30.6. The Hall–Kier alpha value is -3.54. The minimum Gasteiger partial charge on any atom is -0.277 e. The molecule has 2 heterocycles. The summed E-state index contributed by atoms with van der Waals surface area (Å²) in [5.41, 5.74) is 0.222. The third kappa shape index (κ3) is 3.27. The van der Waals surface area contributed by atoms with E-state index in [-0.39, 0.29) is 23.6 Å². The van der Waals surface area contributed by atoms with Crippen LogP contribution in [0.2, 0.25) is 0 Å². The van der Waals surface area contributed by atoms with E-state index >= 15 is 0 Å². The molecule has 2 aromatic rings. The van der Waals surface area contributed by atoms with Gasteiger partial charge in [0, 0.05) is 21.9 Å². The first-order valence-electron chi connectivity index (χ1n) is 15.3. The smallest absolute Gasteiger partial charge is 0.234 e. The van der Waals surface area contributed by atoms with Gasteiger partial charge >= 0.3 is 0 Å². The predicted octanol–water partition coefficient (Wildman–Crippen LogP) is 6.22. The molecule has 4 amide bonds. The second kappa shape index (κ2) is 8.98. The van der Waals surface area contributed by atoms with Crippen molar-refractivity contribution in [2.24, 2.45) is 34.5 Å². The number of allylic oxidation sites excluding steroid dienone is 2. The summed E-state index contributed by atoms with van der Waals surface area (Å²) in [4.78, 5) is 61.9. The molecule has 0 N–H and O–H groups in total. The van der Waals surface area contributed by atoms with Crippen LogP contribution in [0.5, 0.6) is 0 Å². The van der Waals surface area contributed by atoms with Crippen molar-refractivity contribution in [1.82, 2.24) is 9.80 Å². The predicted molar refractivity (Wildman–Crippen MR) is 162 cm³/mol. The van der Waals surface area contributed by atoms with E-state index in [4.69, 9.17) is 0 Å². The number of carbonyl (C=O) groups excluding carboxylic acids is 4. The second-order valence-corrected chi connectivity index (χ2v) is 14.5. The van der Waals surface area contributed by atoms with Crippen LogP contribution in [0.25, 0.3) is 11.1 Å². The van der Waals surface area contributed by atoms with E-state index < -0.39 is 45.6 Å². The van der Waals surface area contributed by atoms with Crippen LogP contribution in [-0.2, 0) is 19.2 Å². The molecule has 3 fully saturated rings. The lowest BCUT2D eigenvalue weighted by Crippen LogP contribution is -2.65. The summed E-state index contributed by atoms with van der Waals surface area (Å²) < 4.78 is 0. The molecule has 7 rings (SSSR count). The molecule has 3 aliphatic carbocycles. The third-order valence-electron chi connectivity index (χ3n) is 10.6. The van der Waals surface area contributed by atoms with Gasteiger partial charge in [-0.3, -0.25) is 29.0 Å². The van der Waals surface area contributed by atoms with Crippen molar-refractivity contribution < 1.29 is 19.2 Å². The maximum absolute atomic E-state index is 14.8. The number of benzene rings is 2. The molecule has 2 bridgehead atoms. The van der Waals surface area contributed by atoms with Gasteiger partial charge in [-0.1, -0.05) is 74.5 Å². The molecule has 0 radical (unpaired) electrons. The van der Waals surface area contributed by atoms with Crippen LogP contribution < -0.4 is 0 Å². The Kier molecular flexibility index (Phi) is 6.11. The summed E-state index contributed by atoms with van der Waals surface area (Å²) in [7, 11) is 0. The summed E-state index contributed by atoms with van der Waals surface area (Å²) in [6.45, 7) is 15.4. The summed E-state index contributed by atoms with van der Waals surface area (Å²) in [6.07, 6.45) is 0.896. The fraction of sp³-hybridized carbons (Fsp3) is 0.500. The maximum atomic E-state index is 14.8. The highest BCUT2D eigenvalue weighted by atomic mass is 16.2. The molecule has 6 nitrogen and oxygen atoms in total. The summed E-state index contributed by atoms with van der Waals surface area (Å²) >= 11 is 0. The highest BCUT2D eigenvalue weighted by Crippen LogP contribution is 2.78. The topological polar surface area (TPSA) is 74.8 Å². The number of carbonyl (C=O) groups is 4. The van der Waals surface area contributed by atoms with Gasteiger partial charge in [0.15, 0.2) is 0 Å². The normalized spacial score (nSPS) is 32.7. The largest absolute Gasteiger partial charge is 0.277 e. The molecule has 0 aromatic heterocycles. The van der Waals surface area contributed by atoms with Crippen molar-refractivity contribution in [3.05, 3.63) is 71.8 Å². The molecule has 2 aliphatic heterocycles. The first kappa shape index (κ1) is 28.6. The highest BCUT2D eigenvalue weighted by molar-refractivity contribution is 6.19.